The summed E-state index contributed by atoms with van der Waals surface area (Å²) in [6, 6.07) is 13.1. The molecule has 0 spiro atoms. The number of rotatable bonds is 7. The van der Waals surface area contributed by atoms with Gasteiger partial charge in [-0.05, 0) is 55.3 Å². The van der Waals surface area contributed by atoms with Crippen LogP contribution in [0.2, 0.25) is 0 Å². The Bertz CT molecular complexity index is 1280. The second kappa shape index (κ2) is 9.24. The second-order valence-electron chi connectivity index (χ2n) is 7.53. The maximum atomic E-state index is 13.1. The molecule has 0 saturated carbocycles. The Kier molecular flexibility index (Phi) is 6.01. The largest absolute Gasteiger partial charge is 0.467 e. The summed E-state index contributed by atoms with van der Waals surface area (Å²) < 4.78 is 11.8. The molecule has 0 aliphatic carbocycles. The minimum atomic E-state index is -0.302. The Hall–Kier alpha value is -3.37. The summed E-state index contributed by atoms with van der Waals surface area (Å²) in [5, 5.41) is 18.5. The third kappa shape index (κ3) is 4.57. The van der Waals surface area contributed by atoms with Crippen molar-refractivity contribution in [2.24, 2.45) is 5.10 Å². The minimum absolute atomic E-state index is 0.137. The number of benzene rings is 1. The third-order valence-electron chi connectivity index (χ3n) is 5.41. The molecule has 1 aliphatic rings. The summed E-state index contributed by atoms with van der Waals surface area (Å²) in [7, 11) is 0. The van der Waals surface area contributed by atoms with Crippen molar-refractivity contribution in [3.8, 4) is 0 Å². The van der Waals surface area contributed by atoms with Gasteiger partial charge in [-0.25, -0.2) is 5.01 Å². The molecular weight excluding hydrogens is 458 g/mol. The fourth-order valence-electron chi connectivity index (χ4n) is 3.54. The number of nitrogens with zero attached hydrogens (tertiary/aromatic N) is 4. The van der Waals surface area contributed by atoms with Crippen molar-refractivity contribution in [1.29, 1.82) is 0 Å². The number of hydrogen-bond acceptors (Lipinski definition) is 9. The van der Waals surface area contributed by atoms with E-state index in [0.717, 1.165) is 11.4 Å². The molecule has 168 valence electrons. The van der Waals surface area contributed by atoms with Crippen LogP contribution in [-0.4, -0.2) is 32.6 Å². The van der Waals surface area contributed by atoms with Gasteiger partial charge in [-0.2, -0.15) is 5.10 Å². The van der Waals surface area contributed by atoms with Crippen molar-refractivity contribution in [2.45, 2.75) is 30.6 Å². The van der Waals surface area contributed by atoms with E-state index in [1.54, 1.807) is 18.6 Å². The lowest BCUT2D eigenvalue weighted by atomic mass is 10.1. The van der Waals surface area contributed by atoms with Gasteiger partial charge in [0.1, 0.15) is 23.3 Å². The number of nitrogens with one attached hydrogen (secondary N) is 1. The van der Waals surface area contributed by atoms with Crippen molar-refractivity contribution in [2.75, 3.05) is 11.1 Å². The highest BCUT2D eigenvalue weighted by atomic mass is 32.2. The molecule has 1 atom stereocenters. The van der Waals surface area contributed by atoms with Crippen LogP contribution in [0.4, 0.5) is 10.8 Å². The van der Waals surface area contributed by atoms with Crippen molar-refractivity contribution in [1.82, 2.24) is 15.2 Å². The number of thioether (sulfide) groups is 1. The van der Waals surface area contributed by atoms with Crippen LogP contribution in [0.3, 0.4) is 0 Å². The average Bonchev–Trinajstić information content (AvgIpc) is 3.61. The molecule has 4 aromatic rings. The van der Waals surface area contributed by atoms with Gasteiger partial charge in [-0.3, -0.25) is 4.79 Å². The lowest BCUT2D eigenvalue weighted by Gasteiger charge is -2.19. The summed E-state index contributed by atoms with van der Waals surface area (Å²) >= 11 is 2.76. The van der Waals surface area contributed by atoms with Crippen LogP contribution in [-0.2, 0) is 4.79 Å². The monoisotopic (exact) mass is 479 g/mol. The first-order valence-corrected chi connectivity index (χ1v) is 12.1. The molecule has 0 radical (unpaired) electrons. The van der Waals surface area contributed by atoms with Crippen molar-refractivity contribution >= 4 is 45.5 Å². The molecule has 1 unspecified atom stereocenters. The van der Waals surface area contributed by atoms with Gasteiger partial charge in [0, 0.05) is 12.1 Å². The molecule has 10 heteroatoms. The molecule has 1 aliphatic heterocycles. The molecule has 4 heterocycles. The lowest BCUT2D eigenvalue weighted by Crippen LogP contribution is -2.28. The van der Waals surface area contributed by atoms with E-state index in [1.807, 2.05) is 30.3 Å². The lowest BCUT2D eigenvalue weighted by molar-refractivity contribution is -0.130. The van der Waals surface area contributed by atoms with E-state index in [9.17, 15) is 4.79 Å². The zero-order valence-electron chi connectivity index (χ0n) is 18.0. The number of aromatic nitrogens is 2. The number of carbonyl (C=O) groups excluding carboxylic acids is 1. The third-order valence-corrected chi connectivity index (χ3v) is 7.37. The quantitative estimate of drug-likeness (QED) is 0.347. The van der Waals surface area contributed by atoms with Crippen LogP contribution in [0.5, 0.6) is 0 Å². The normalized spacial score (nSPS) is 15.6. The first kappa shape index (κ1) is 21.5. The standard InChI is InChI=1S/C23H21N5O3S2/c1-14-6-3-7-16(15(14)2)24-22-25-26-23(33-22)32-13-21(29)28-18(20-9-5-11-31-20)12-17(27-28)19-8-4-10-30-19/h3-11,18H,12-13H2,1-2H3,(H,24,25). The van der Waals surface area contributed by atoms with Crippen LogP contribution >= 0.6 is 23.1 Å². The van der Waals surface area contributed by atoms with Crippen molar-refractivity contribution < 1.29 is 13.6 Å². The maximum absolute atomic E-state index is 13.1. The number of aryl methyl sites for hydroxylation is 1. The number of anilines is 2. The summed E-state index contributed by atoms with van der Waals surface area (Å²) in [4.78, 5) is 13.1. The minimum Gasteiger partial charge on any atom is -0.467 e. The predicted octanol–water partition coefficient (Wildman–Crippen LogP) is 5.55. The van der Waals surface area contributed by atoms with E-state index in [0.29, 0.717) is 27.4 Å². The van der Waals surface area contributed by atoms with E-state index in [1.165, 1.54) is 39.2 Å². The van der Waals surface area contributed by atoms with E-state index < -0.39 is 0 Å². The molecule has 1 amide bonds. The Morgan fingerprint density at radius 1 is 1.15 bits per heavy atom. The molecule has 33 heavy (non-hydrogen) atoms. The van der Waals surface area contributed by atoms with Gasteiger partial charge >= 0.3 is 0 Å². The highest BCUT2D eigenvalue weighted by Crippen LogP contribution is 2.35. The van der Waals surface area contributed by atoms with Gasteiger partial charge < -0.3 is 14.2 Å². The van der Waals surface area contributed by atoms with E-state index in [2.05, 4.69) is 40.5 Å². The highest BCUT2D eigenvalue weighted by Gasteiger charge is 2.35. The molecule has 1 N–H and O–H groups in total. The van der Waals surface area contributed by atoms with Crippen LogP contribution in [0.15, 0.2) is 73.3 Å². The van der Waals surface area contributed by atoms with E-state index in [4.69, 9.17) is 8.83 Å². The smallest absolute Gasteiger partial charge is 0.253 e. The molecule has 1 aromatic carbocycles. The van der Waals surface area contributed by atoms with Crippen LogP contribution in [0, 0.1) is 13.8 Å². The van der Waals surface area contributed by atoms with Crippen molar-refractivity contribution in [3.63, 3.8) is 0 Å². The second-order valence-corrected chi connectivity index (χ2v) is 9.73. The topological polar surface area (TPSA) is 96.8 Å². The van der Waals surface area contributed by atoms with E-state index in [-0.39, 0.29) is 17.7 Å². The average molecular weight is 480 g/mol. The Morgan fingerprint density at radius 2 is 2.00 bits per heavy atom. The molecule has 0 saturated heterocycles. The molecule has 0 bridgehead atoms. The molecule has 3 aromatic heterocycles. The fraction of sp³-hybridized carbons (Fsp3) is 0.217. The van der Waals surface area contributed by atoms with Crippen LogP contribution in [0.25, 0.3) is 0 Å². The molecule has 0 fully saturated rings. The maximum Gasteiger partial charge on any atom is 0.253 e. The number of carbonyl (C=O) groups is 1. The highest BCUT2D eigenvalue weighted by molar-refractivity contribution is 8.01. The Morgan fingerprint density at radius 3 is 2.79 bits per heavy atom. The number of hydrogen-bond donors (Lipinski definition) is 1. The number of amides is 1. The van der Waals surface area contributed by atoms with E-state index >= 15 is 0 Å². The predicted molar refractivity (Wildman–Crippen MR) is 128 cm³/mol. The van der Waals surface area contributed by atoms with Gasteiger partial charge in [0.2, 0.25) is 5.13 Å². The van der Waals surface area contributed by atoms with Crippen molar-refractivity contribution in [3.05, 3.63) is 77.6 Å². The summed E-state index contributed by atoms with van der Waals surface area (Å²) in [6.45, 7) is 4.14. The summed E-state index contributed by atoms with van der Waals surface area (Å²) in [5.74, 6) is 1.39. The van der Waals surface area contributed by atoms with Gasteiger partial charge in [-0.15, -0.1) is 10.2 Å². The number of furan rings is 2. The molecule has 5 rings (SSSR count). The van der Waals surface area contributed by atoms with Gasteiger partial charge in [-0.1, -0.05) is 35.2 Å². The number of hydrazone groups is 1. The molecular formula is C23H21N5O3S2. The summed E-state index contributed by atoms with van der Waals surface area (Å²) in [6.07, 6.45) is 3.73. The van der Waals surface area contributed by atoms with Gasteiger partial charge in [0.25, 0.3) is 5.91 Å². The first-order chi connectivity index (χ1) is 16.1. The van der Waals surface area contributed by atoms with Gasteiger partial charge in [0.05, 0.1) is 18.3 Å². The van der Waals surface area contributed by atoms with Gasteiger partial charge in [0.15, 0.2) is 4.34 Å². The van der Waals surface area contributed by atoms with Crippen LogP contribution < -0.4 is 5.32 Å². The zero-order valence-corrected chi connectivity index (χ0v) is 19.7. The van der Waals surface area contributed by atoms with Crippen LogP contribution in [0.1, 0.15) is 35.1 Å². The Labute approximate surface area is 198 Å². The molecule has 8 nitrogen and oxygen atoms in total. The first-order valence-electron chi connectivity index (χ1n) is 10.3. The Balaban J connectivity index is 1.26. The SMILES string of the molecule is Cc1cccc(Nc2nnc(SCC(=O)N3N=C(c4ccco4)CC3c3ccco3)s2)c1C. The fourth-order valence-corrected chi connectivity index (χ4v) is 5.16. The summed E-state index contributed by atoms with van der Waals surface area (Å²) in [5.41, 5.74) is 4.09. The zero-order chi connectivity index (χ0) is 22.8.